The Morgan fingerprint density at radius 3 is 2.67 bits per heavy atom. The number of aliphatic hydroxyl groups is 1. The maximum Gasteiger partial charge on any atom is 0.269 e. The van der Waals surface area contributed by atoms with Gasteiger partial charge in [-0.3, -0.25) is 10.1 Å². The van der Waals surface area contributed by atoms with Crippen molar-refractivity contribution in [2.75, 3.05) is 0 Å². The molecule has 33 heavy (non-hydrogen) atoms. The van der Waals surface area contributed by atoms with Gasteiger partial charge in [0.05, 0.1) is 11.5 Å². The molecule has 4 aromatic rings. The Morgan fingerprint density at radius 2 is 2.03 bits per heavy atom. The van der Waals surface area contributed by atoms with Crippen LogP contribution in [0.1, 0.15) is 12.5 Å². The molecule has 0 saturated carbocycles. The highest BCUT2D eigenvalue weighted by molar-refractivity contribution is 8.01. The van der Waals surface area contributed by atoms with Crippen LogP contribution in [0.4, 0.5) is 14.5 Å². The largest absolute Gasteiger partial charge is 0.382 e. The predicted octanol–water partition coefficient (Wildman–Crippen LogP) is 4.05. The molecule has 0 radical (unpaired) electrons. The normalized spacial score (nSPS) is 14.1. The van der Waals surface area contributed by atoms with Crippen molar-refractivity contribution in [2.24, 2.45) is 0 Å². The van der Waals surface area contributed by atoms with Crippen LogP contribution < -0.4 is 0 Å². The zero-order chi connectivity index (χ0) is 23.6. The van der Waals surface area contributed by atoms with Crippen molar-refractivity contribution >= 4 is 29.0 Å². The van der Waals surface area contributed by atoms with Crippen molar-refractivity contribution < 1.29 is 18.8 Å². The summed E-state index contributed by atoms with van der Waals surface area (Å²) in [4.78, 5) is 18.6. The Bertz CT molecular complexity index is 1270. The van der Waals surface area contributed by atoms with Crippen LogP contribution in [0.3, 0.4) is 0 Å². The predicted molar refractivity (Wildman–Crippen MR) is 118 cm³/mol. The maximum absolute atomic E-state index is 14.7. The number of aromatic nitrogens is 5. The first-order valence-corrected chi connectivity index (χ1v) is 11.2. The van der Waals surface area contributed by atoms with Crippen molar-refractivity contribution in [3.05, 3.63) is 82.4 Å². The molecule has 0 bridgehead atoms. The highest BCUT2D eigenvalue weighted by Gasteiger charge is 2.40. The van der Waals surface area contributed by atoms with E-state index in [9.17, 15) is 24.0 Å². The first-order chi connectivity index (χ1) is 15.8. The van der Waals surface area contributed by atoms with Crippen LogP contribution in [0.25, 0.3) is 11.4 Å². The number of non-ortho nitro benzene ring substituents is 1. The van der Waals surface area contributed by atoms with Gasteiger partial charge in [-0.15, -0.1) is 0 Å². The fraction of sp³-hybridized carbons (Fsp3) is 0.200. The summed E-state index contributed by atoms with van der Waals surface area (Å²) in [5.74, 6) is -1.26. The third-order valence-corrected chi connectivity index (χ3v) is 7.02. The Labute approximate surface area is 194 Å². The number of nitro benzene ring substituents is 1. The Hall–Kier alpha value is -3.29. The number of thioether (sulfide) groups is 1. The molecular weight excluding hydrogens is 474 g/mol. The van der Waals surface area contributed by atoms with Crippen LogP contribution in [0, 0.1) is 21.7 Å². The molecule has 0 spiro atoms. The zero-order valence-corrected chi connectivity index (χ0v) is 18.6. The van der Waals surface area contributed by atoms with Crippen molar-refractivity contribution in [3.63, 3.8) is 0 Å². The molecule has 2 atom stereocenters. The van der Waals surface area contributed by atoms with Gasteiger partial charge in [-0.1, -0.05) is 17.8 Å². The number of benzene rings is 2. The monoisotopic (exact) mass is 490 g/mol. The van der Waals surface area contributed by atoms with Crippen molar-refractivity contribution in [1.82, 2.24) is 24.1 Å². The fourth-order valence-corrected chi connectivity index (χ4v) is 5.18. The van der Waals surface area contributed by atoms with Gasteiger partial charge in [-0.05, 0) is 36.7 Å². The Kier molecular flexibility index (Phi) is 6.44. The van der Waals surface area contributed by atoms with Gasteiger partial charge in [0.2, 0.25) is 0 Å². The first-order valence-electron chi connectivity index (χ1n) is 9.52. The van der Waals surface area contributed by atoms with E-state index >= 15 is 0 Å². The lowest BCUT2D eigenvalue weighted by atomic mass is 9.90. The van der Waals surface area contributed by atoms with Gasteiger partial charge in [0, 0.05) is 34.6 Å². The quantitative estimate of drug-likeness (QED) is 0.223. The van der Waals surface area contributed by atoms with Gasteiger partial charge in [0.15, 0.2) is 10.2 Å². The fourth-order valence-electron chi connectivity index (χ4n) is 3.19. The first kappa shape index (κ1) is 22.9. The van der Waals surface area contributed by atoms with Crippen LogP contribution in [0.2, 0.25) is 0 Å². The molecule has 4 rings (SSSR count). The Morgan fingerprint density at radius 1 is 1.27 bits per heavy atom. The molecule has 170 valence electrons. The number of nitro groups is 1. The Balaban J connectivity index is 1.61. The topological polar surface area (TPSA) is 120 Å². The molecule has 13 heteroatoms. The average molecular weight is 491 g/mol. The highest BCUT2D eigenvalue weighted by atomic mass is 32.2. The van der Waals surface area contributed by atoms with E-state index in [1.165, 1.54) is 47.3 Å². The molecule has 1 N–H and O–H groups in total. The summed E-state index contributed by atoms with van der Waals surface area (Å²) in [6, 6.07) is 8.83. The summed E-state index contributed by atoms with van der Waals surface area (Å²) < 4.78 is 34.3. The minimum absolute atomic E-state index is 0.0447. The lowest BCUT2D eigenvalue weighted by molar-refractivity contribution is -0.384. The van der Waals surface area contributed by atoms with Gasteiger partial charge in [-0.2, -0.15) is 9.47 Å². The van der Waals surface area contributed by atoms with Crippen LogP contribution in [0.5, 0.6) is 0 Å². The summed E-state index contributed by atoms with van der Waals surface area (Å²) in [5, 5.41) is 25.8. The summed E-state index contributed by atoms with van der Waals surface area (Å²) in [6.07, 6.45) is 2.68. The van der Waals surface area contributed by atoms with Crippen LogP contribution in [-0.4, -0.2) is 39.4 Å². The molecular formula is C20H16F2N6O3S2. The third kappa shape index (κ3) is 4.89. The summed E-state index contributed by atoms with van der Waals surface area (Å²) in [6.45, 7) is 1.56. The number of hydrogen-bond donors (Lipinski definition) is 1. The zero-order valence-electron chi connectivity index (χ0n) is 17.0. The van der Waals surface area contributed by atoms with Crippen LogP contribution >= 0.6 is 23.3 Å². The molecule has 0 fully saturated rings. The smallest absolute Gasteiger partial charge is 0.269 e. The molecule has 0 aliphatic heterocycles. The maximum atomic E-state index is 14.7. The summed E-state index contributed by atoms with van der Waals surface area (Å²) in [5.41, 5.74) is -1.31. The van der Waals surface area contributed by atoms with E-state index in [4.69, 9.17) is 0 Å². The molecule has 2 aromatic heterocycles. The number of rotatable bonds is 8. The lowest BCUT2D eigenvalue weighted by Gasteiger charge is -2.33. The van der Waals surface area contributed by atoms with Crippen LogP contribution in [0.15, 0.2) is 59.5 Å². The minimum Gasteiger partial charge on any atom is -0.382 e. The molecule has 2 aromatic carbocycles. The average Bonchev–Trinajstić information content (AvgIpc) is 3.46. The summed E-state index contributed by atoms with van der Waals surface area (Å²) in [7, 11) is 0. The third-order valence-electron chi connectivity index (χ3n) is 4.96. The molecule has 0 amide bonds. The molecule has 0 aliphatic carbocycles. The standard InChI is InChI=1S/C20H16F2N6O3S2/c1-12(32-19-25-18(26-33-19)13-2-5-15(6-3-13)28(30)31)20(29,9-27-11-23-10-24-27)16-7-4-14(21)8-17(16)22/h2-8,10-12,29H,9H2,1H3. The van der Waals surface area contributed by atoms with Crippen molar-refractivity contribution in [2.45, 2.75) is 28.7 Å². The van der Waals surface area contributed by atoms with Gasteiger partial charge < -0.3 is 5.11 Å². The van der Waals surface area contributed by atoms with E-state index in [2.05, 4.69) is 19.4 Å². The molecule has 9 nitrogen and oxygen atoms in total. The van der Waals surface area contributed by atoms with E-state index in [0.717, 1.165) is 23.7 Å². The van der Waals surface area contributed by atoms with E-state index in [-0.39, 0.29) is 17.8 Å². The minimum atomic E-state index is -1.78. The highest BCUT2D eigenvalue weighted by Crippen LogP contribution is 2.40. The van der Waals surface area contributed by atoms with E-state index in [0.29, 0.717) is 15.7 Å². The van der Waals surface area contributed by atoms with Gasteiger partial charge in [0.1, 0.15) is 29.9 Å². The van der Waals surface area contributed by atoms with Crippen molar-refractivity contribution in [3.8, 4) is 11.4 Å². The molecule has 0 saturated heterocycles. The van der Waals surface area contributed by atoms with Crippen molar-refractivity contribution in [1.29, 1.82) is 0 Å². The van der Waals surface area contributed by atoms with Crippen LogP contribution in [-0.2, 0) is 12.1 Å². The molecule has 2 heterocycles. The van der Waals surface area contributed by atoms with Gasteiger partial charge >= 0.3 is 0 Å². The SMILES string of the molecule is CC(Sc1nc(-c2ccc([N+](=O)[O-])cc2)ns1)C(O)(Cn1cncn1)c1ccc(F)cc1F. The molecule has 0 aliphatic rings. The van der Waals surface area contributed by atoms with E-state index < -0.39 is 27.4 Å². The van der Waals surface area contributed by atoms with E-state index in [1.54, 1.807) is 19.1 Å². The second-order valence-electron chi connectivity index (χ2n) is 7.09. The lowest BCUT2D eigenvalue weighted by Crippen LogP contribution is -2.41. The summed E-state index contributed by atoms with van der Waals surface area (Å²) >= 11 is 2.25. The second-order valence-corrected chi connectivity index (χ2v) is 9.43. The van der Waals surface area contributed by atoms with Gasteiger partial charge in [-0.25, -0.2) is 23.4 Å². The second kappa shape index (κ2) is 9.29. The van der Waals surface area contributed by atoms with Gasteiger partial charge in [0.25, 0.3) is 5.69 Å². The number of halogens is 2. The number of hydrogen-bond acceptors (Lipinski definition) is 9. The van der Waals surface area contributed by atoms with E-state index in [1.807, 2.05) is 0 Å². The molecule has 2 unspecified atom stereocenters. The number of nitrogens with zero attached hydrogens (tertiary/aromatic N) is 6.